The van der Waals surface area contributed by atoms with Gasteiger partial charge in [-0.1, -0.05) is 74.5 Å². The van der Waals surface area contributed by atoms with Crippen LogP contribution in [0.25, 0.3) is 33.4 Å². The molecule has 5 heterocycles. The van der Waals surface area contributed by atoms with E-state index in [-0.39, 0.29) is 118 Å². The molecule has 6 atom stereocenters. The molecule has 7 aromatic carbocycles. The van der Waals surface area contributed by atoms with Crippen molar-refractivity contribution in [3.63, 3.8) is 0 Å². The lowest BCUT2D eigenvalue weighted by Crippen LogP contribution is -2.21. The second kappa shape index (κ2) is 47.9. The number of aliphatic hydroxyl groups is 3. The van der Waals surface area contributed by atoms with E-state index in [1.165, 1.54) is 18.8 Å². The van der Waals surface area contributed by atoms with Gasteiger partial charge in [0, 0.05) is 145 Å². The maximum absolute atomic E-state index is 12.9. The molecule has 12 N–H and O–H groups in total. The molecular weight excluding hydrogens is 1780 g/mol. The number of hydrogen-bond acceptors (Lipinski definition) is 31. The lowest BCUT2D eigenvalue weighted by atomic mass is 9.93. The topological polar surface area (TPSA) is 513 Å². The highest BCUT2D eigenvalue weighted by Crippen LogP contribution is 2.35. The van der Waals surface area contributed by atoms with Crippen LogP contribution in [-0.4, -0.2) is 188 Å². The number of carbonyl (C=O) groups is 6. The van der Waals surface area contributed by atoms with E-state index in [1.807, 2.05) is 102 Å². The van der Waals surface area contributed by atoms with Crippen LogP contribution in [0.5, 0.6) is 5.75 Å². The predicted octanol–water partition coefficient (Wildman–Crippen LogP) is 16.1. The summed E-state index contributed by atoms with van der Waals surface area (Å²) in [6.45, 7) is 16.5. The number of benzene rings is 7. The van der Waals surface area contributed by atoms with Gasteiger partial charge >= 0.3 is 18.3 Å². The van der Waals surface area contributed by atoms with Gasteiger partial charge in [-0.25, -0.2) is 42.0 Å². The summed E-state index contributed by atoms with van der Waals surface area (Å²) < 4.78 is 74.6. The van der Waals surface area contributed by atoms with Gasteiger partial charge < -0.3 is 86.6 Å². The summed E-state index contributed by atoms with van der Waals surface area (Å²) in [4.78, 5) is 105. The Hall–Kier alpha value is -14.7. The van der Waals surface area contributed by atoms with E-state index in [1.54, 1.807) is 186 Å². The molecule has 134 heavy (non-hydrogen) atoms. The van der Waals surface area contributed by atoms with Crippen LogP contribution in [-0.2, 0) is 82.5 Å². The minimum atomic E-state index is -2.98. The molecule has 12 aromatic rings. The first kappa shape index (κ1) is 101. The fourth-order valence-electron chi connectivity index (χ4n) is 12.3. The fourth-order valence-corrected chi connectivity index (χ4v) is 15.6. The normalized spacial score (nSPS) is 13.0. The number of aromatic nitrogens is 8. The third-order valence-electron chi connectivity index (χ3n) is 19.2. The number of methoxy groups -OCH3 is 1. The first-order chi connectivity index (χ1) is 64.0. The highest BCUT2D eigenvalue weighted by Gasteiger charge is 2.24. The highest BCUT2D eigenvalue weighted by atomic mass is 32.2. The molecule has 0 aliphatic heterocycles. The summed E-state index contributed by atoms with van der Waals surface area (Å²) in [7, 11) is -7.35. The van der Waals surface area contributed by atoms with Crippen molar-refractivity contribution < 1.29 is 80.2 Å². The van der Waals surface area contributed by atoms with Crippen LogP contribution in [0.2, 0.25) is 0 Å². The third kappa shape index (κ3) is 30.7. The molecule has 40 heteroatoms. The average Bonchev–Trinajstić information content (AvgIpc) is 0.996. The quantitative estimate of drug-likeness (QED) is 0.0167. The number of aliphatic hydroxyl groups excluding tert-OH is 3. The standard InChI is InChI=1S/C32H39N7O6S.C32H36N6O6S.C30H33N7O5S/c1-7-44-31(42)39-46(6,43)25-14-12-23(13-15-25)36-30-33-18-26(29(37-30)34-20(2)19-40)21-8-10-22(11-9-21)35-28(41)17-24-16-27(45-38-24)32(3,4)5;1-5-44-32(41)38-45(4,42)27-15-13-25(14-16-27)36-31-33-19-28(30(37-31)34-21(2)20-39)23-9-11-24(12-10-23)35-29(40)18-22-7-6-8-26(17-22)43-3;1-4-42-30(40)37-43(3,41)25-11-9-24(10-12-25)35-29-32-18-26(28(36-29)33-20(2)19-38)22-5-7-23(8-6-22)34-27(39)17-21-13-15-31-16-14-21/h8-16,18,20,40H,7,17,19H2,1-6H3,(H,35,41)(H2,33,34,36,37);6-17,19,21,39H,5,18,20H2,1-4H3,(H,35,40)(H2,33,34,36,37);5-16,18,20,38H,4,17,19H2,1-3H3,(H,34,39)(H2,32,33,35,36). The molecule has 0 saturated carbocycles. The van der Waals surface area contributed by atoms with Crippen molar-refractivity contribution in [1.82, 2.24) is 40.0 Å². The molecule has 0 spiro atoms. The number of nitrogens with zero attached hydrogens (tertiary/aromatic N) is 11. The summed E-state index contributed by atoms with van der Waals surface area (Å²) in [5.41, 5.74) is 10.3. The first-order valence-corrected chi connectivity index (χ1v) is 48.0. The fraction of sp³-hybridized carbons (Fsp3) is 0.277. The van der Waals surface area contributed by atoms with E-state index in [2.05, 4.69) is 101 Å². The number of hydrogen-bond donors (Lipinski definition) is 12. The smallest absolute Gasteiger partial charge is 0.442 e. The zero-order chi connectivity index (χ0) is 96.7. The lowest BCUT2D eigenvalue weighted by Gasteiger charge is -2.17. The van der Waals surface area contributed by atoms with Crippen LogP contribution < -0.4 is 52.6 Å². The zero-order valence-corrected chi connectivity index (χ0v) is 78.5. The Bertz CT molecular complexity index is 6450. The summed E-state index contributed by atoms with van der Waals surface area (Å²) in [5.74, 6) is 3.22. The first-order valence-electron chi connectivity index (χ1n) is 42.2. The molecule has 5 aromatic heterocycles. The third-order valence-corrected chi connectivity index (χ3v) is 24.2. The molecule has 704 valence electrons. The molecule has 0 saturated heterocycles. The molecule has 0 fully saturated rings. The van der Waals surface area contributed by atoms with Gasteiger partial charge in [0.25, 0.3) is 0 Å². The summed E-state index contributed by atoms with van der Waals surface area (Å²) in [6, 6.07) is 53.4. The van der Waals surface area contributed by atoms with Gasteiger partial charge in [0.2, 0.25) is 35.6 Å². The number of rotatable bonds is 34. The van der Waals surface area contributed by atoms with Gasteiger partial charge in [0.1, 0.15) is 29.0 Å². The van der Waals surface area contributed by atoms with Crippen molar-refractivity contribution >= 4 is 135 Å². The van der Waals surface area contributed by atoms with Crippen molar-refractivity contribution in [3.05, 3.63) is 242 Å². The van der Waals surface area contributed by atoms with Gasteiger partial charge in [0.05, 0.1) is 101 Å². The number of anilines is 12. The second-order valence-corrected chi connectivity index (χ2v) is 38.1. The Kier molecular flexibility index (Phi) is 36.3. The summed E-state index contributed by atoms with van der Waals surface area (Å²) in [6.07, 6.45) is 10.3. The largest absolute Gasteiger partial charge is 0.497 e. The molecule has 0 aliphatic carbocycles. The number of ether oxygens (including phenoxy) is 4. The Labute approximate surface area is 777 Å². The van der Waals surface area contributed by atoms with E-state index in [0.717, 1.165) is 27.8 Å². The number of amides is 6. The van der Waals surface area contributed by atoms with Gasteiger partial charge in [-0.2, -0.15) is 15.0 Å². The monoisotopic (exact) mass is 1880 g/mol. The molecular formula is C94H108N20O17S3. The van der Waals surface area contributed by atoms with Crippen LogP contribution in [0.1, 0.15) is 84.9 Å². The van der Waals surface area contributed by atoms with Gasteiger partial charge in [-0.3, -0.25) is 19.4 Å². The molecule has 6 unspecified atom stereocenters. The van der Waals surface area contributed by atoms with Crippen molar-refractivity contribution in [2.24, 2.45) is 13.1 Å². The maximum Gasteiger partial charge on any atom is 0.442 e. The van der Waals surface area contributed by atoms with Gasteiger partial charge in [-0.05, 0) is 203 Å². The number of carbonyl (C=O) groups excluding carboxylic acids is 6. The average molecular weight is 1890 g/mol. The Balaban J connectivity index is 0.000000208. The van der Waals surface area contributed by atoms with E-state index in [0.29, 0.717) is 100 Å². The predicted molar refractivity (Wildman–Crippen MR) is 517 cm³/mol. The van der Waals surface area contributed by atoms with E-state index in [9.17, 15) is 56.7 Å². The van der Waals surface area contributed by atoms with Crippen LogP contribution in [0.15, 0.2) is 251 Å². The van der Waals surface area contributed by atoms with Gasteiger partial charge in [0.15, 0.2) is 0 Å². The van der Waals surface area contributed by atoms with Crippen LogP contribution in [0, 0.1) is 0 Å². The molecule has 0 bridgehead atoms. The summed E-state index contributed by atoms with van der Waals surface area (Å²) in [5, 5.41) is 60.6. The Morgan fingerprint density at radius 2 is 0.746 bits per heavy atom. The number of nitrogens with one attached hydrogen (secondary N) is 9. The van der Waals surface area contributed by atoms with Crippen molar-refractivity contribution in [2.45, 2.75) is 120 Å². The van der Waals surface area contributed by atoms with Crippen molar-refractivity contribution in [3.8, 4) is 39.1 Å². The van der Waals surface area contributed by atoms with Crippen LogP contribution in [0.4, 0.5) is 83.8 Å². The second-order valence-electron chi connectivity index (χ2n) is 31.3. The van der Waals surface area contributed by atoms with E-state index in [4.69, 9.17) is 23.5 Å². The van der Waals surface area contributed by atoms with Crippen LogP contribution in [0.3, 0.4) is 0 Å². The lowest BCUT2D eigenvalue weighted by molar-refractivity contribution is -0.116. The zero-order valence-electron chi connectivity index (χ0n) is 76.1. The highest BCUT2D eigenvalue weighted by molar-refractivity contribution is 7.93. The van der Waals surface area contributed by atoms with Crippen LogP contribution >= 0.6 is 0 Å². The minimum absolute atomic E-state index is 0.0831. The Morgan fingerprint density at radius 3 is 1.05 bits per heavy atom. The van der Waals surface area contributed by atoms with Gasteiger partial charge in [-0.15, -0.1) is 13.1 Å². The number of pyridine rings is 1. The molecule has 37 nitrogen and oxygen atoms in total. The molecule has 0 radical (unpaired) electrons. The Morgan fingerprint density at radius 1 is 0.425 bits per heavy atom. The SMILES string of the molecule is CCOC(=O)N=S(C)(=O)c1ccc(Nc2ncc(-c3ccc(NC(=O)Cc4cc(C(C)(C)C)on4)cc3)c(NC(C)CO)n2)cc1.CCOC(=O)N=S(C)(=O)c1ccc(Nc2ncc(-c3ccc(NC(=O)Cc4cccc(OC)c4)cc3)c(NC(C)CO)n2)cc1.CCOC(=O)N=S(C)(=O)c1ccc(Nc2ncc(-c3ccc(NC(=O)Cc4ccncc4)cc3)c(NC(C)CO)n2)cc1. The van der Waals surface area contributed by atoms with E-state index < -0.39 is 47.5 Å². The van der Waals surface area contributed by atoms with Crippen molar-refractivity contribution in [1.29, 1.82) is 0 Å². The molecule has 12 rings (SSSR count). The molecule has 6 amide bonds. The minimum Gasteiger partial charge on any atom is -0.497 e. The molecule has 0 aliphatic rings. The van der Waals surface area contributed by atoms with E-state index >= 15 is 0 Å². The van der Waals surface area contributed by atoms with Crippen molar-refractivity contribution in [2.75, 3.05) is 113 Å². The summed E-state index contributed by atoms with van der Waals surface area (Å²) >= 11 is 0. The maximum atomic E-state index is 12.9.